The van der Waals surface area contributed by atoms with E-state index in [2.05, 4.69) is 31.2 Å². The highest BCUT2D eigenvalue weighted by Gasteiger charge is 2.21. The summed E-state index contributed by atoms with van der Waals surface area (Å²) in [7, 11) is 0. The van der Waals surface area contributed by atoms with Gasteiger partial charge >= 0.3 is 0 Å². The summed E-state index contributed by atoms with van der Waals surface area (Å²) in [5.74, 6) is 0.471. The lowest BCUT2D eigenvalue weighted by Gasteiger charge is -2.28. The van der Waals surface area contributed by atoms with Crippen LogP contribution in [0.4, 0.5) is 8.78 Å². The van der Waals surface area contributed by atoms with E-state index in [4.69, 9.17) is 11.6 Å². The van der Waals surface area contributed by atoms with Crippen molar-refractivity contribution in [3.05, 3.63) is 94.0 Å². The van der Waals surface area contributed by atoms with Crippen LogP contribution in [0.5, 0.6) is 0 Å². The number of aryl methyl sites for hydroxylation is 3. The Kier molecular flexibility index (Phi) is 8.20. The maximum absolute atomic E-state index is 14.7. The summed E-state index contributed by atoms with van der Waals surface area (Å²) in [6, 6.07) is 18.7. The molecule has 0 heterocycles. The van der Waals surface area contributed by atoms with Crippen LogP contribution in [0.3, 0.4) is 0 Å². The molecule has 0 bridgehead atoms. The van der Waals surface area contributed by atoms with Crippen LogP contribution >= 0.6 is 11.6 Å². The number of halogens is 3. The fourth-order valence-corrected chi connectivity index (χ4v) is 5.28. The molecule has 0 aliphatic heterocycles. The Bertz CT molecular complexity index is 1010. The molecule has 0 aromatic heterocycles. The predicted octanol–water partition coefficient (Wildman–Crippen LogP) is 9.22. The van der Waals surface area contributed by atoms with E-state index < -0.39 is 11.6 Å². The average molecular weight is 467 g/mol. The van der Waals surface area contributed by atoms with E-state index in [1.54, 1.807) is 24.3 Å². The van der Waals surface area contributed by atoms with Gasteiger partial charge in [-0.2, -0.15) is 0 Å². The monoisotopic (exact) mass is 466 g/mol. The zero-order chi connectivity index (χ0) is 23.2. The molecule has 0 N–H and O–H groups in total. The van der Waals surface area contributed by atoms with Gasteiger partial charge in [0.2, 0.25) is 0 Å². The number of benzene rings is 3. The summed E-state index contributed by atoms with van der Waals surface area (Å²) >= 11 is 5.90. The lowest BCUT2D eigenvalue weighted by molar-refractivity contribution is 0.253. The van der Waals surface area contributed by atoms with Crippen LogP contribution in [0.15, 0.2) is 60.7 Å². The average Bonchev–Trinajstić information content (AvgIpc) is 2.83. The molecular weight excluding hydrogens is 434 g/mol. The molecule has 3 aromatic carbocycles. The minimum Gasteiger partial charge on any atom is -0.206 e. The lowest BCUT2D eigenvalue weighted by Crippen LogP contribution is -2.16. The van der Waals surface area contributed by atoms with Crippen LogP contribution in [0.1, 0.15) is 62.1 Å². The van der Waals surface area contributed by atoms with Gasteiger partial charge in [0.05, 0.1) is 5.56 Å². The van der Waals surface area contributed by atoms with Crippen molar-refractivity contribution in [1.29, 1.82) is 0 Å². The second kappa shape index (κ2) is 11.3. The van der Waals surface area contributed by atoms with Gasteiger partial charge in [0.25, 0.3) is 0 Å². The zero-order valence-corrected chi connectivity index (χ0v) is 20.2. The second-order valence-corrected chi connectivity index (χ2v) is 10.0. The van der Waals surface area contributed by atoms with Crippen molar-refractivity contribution < 1.29 is 8.78 Å². The quantitative estimate of drug-likeness (QED) is 0.310. The third kappa shape index (κ3) is 6.44. The van der Waals surface area contributed by atoms with Gasteiger partial charge in [0, 0.05) is 5.02 Å². The van der Waals surface area contributed by atoms with Gasteiger partial charge in [-0.05, 0) is 90.5 Å². The van der Waals surface area contributed by atoms with E-state index in [1.807, 2.05) is 0 Å². The Balaban J connectivity index is 1.25. The molecule has 3 aromatic rings. The SMILES string of the molecule is CCc1ccc(CCC2CCC(CCc3cc(F)c(-c4ccc(Cl)cc4)c(F)c3)CC2)cc1. The minimum absolute atomic E-state index is 0.0280. The molecule has 0 nitrogen and oxygen atoms in total. The second-order valence-electron chi connectivity index (χ2n) is 9.58. The summed E-state index contributed by atoms with van der Waals surface area (Å²) in [5.41, 5.74) is 4.14. The molecule has 0 saturated heterocycles. The molecule has 33 heavy (non-hydrogen) atoms. The van der Waals surface area contributed by atoms with Gasteiger partial charge in [-0.3, -0.25) is 0 Å². The Morgan fingerprint density at radius 1 is 0.697 bits per heavy atom. The van der Waals surface area contributed by atoms with E-state index in [1.165, 1.54) is 55.4 Å². The highest BCUT2D eigenvalue weighted by molar-refractivity contribution is 6.30. The van der Waals surface area contributed by atoms with Crippen molar-refractivity contribution in [2.75, 3.05) is 0 Å². The molecule has 1 fully saturated rings. The molecule has 0 unspecified atom stereocenters. The van der Waals surface area contributed by atoms with Crippen molar-refractivity contribution in [2.24, 2.45) is 11.8 Å². The molecule has 0 spiro atoms. The number of rotatable bonds is 8. The molecule has 3 heteroatoms. The normalized spacial score (nSPS) is 18.4. The van der Waals surface area contributed by atoms with E-state index in [9.17, 15) is 8.78 Å². The number of hydrogen-bond donors (Lipinski definition) is 0. The van der Waals surface area contributed by atoms with Gasteiger partial charge in [0.15, 0.2) is 0 Å². The highest BCUT2D eigenvalue weighted by Crippen LogP contribution is 2.35. The Morgan fingerprint density at radius 3 is 1.70 bits per heavy atom. The van der Waals surface area contributed by atoms with E-state index in [-0.39, 0.29) is 5.56 Å². The van der Waals surface area contributed by atoms with Gasteiger partial charge in [-0.1, -0.05) is 80.6 Å². The van der Waals surface area contributed by atoms with E-state index in [0.717, 1.165) is 37.2 Å². The molecule has 0 amide bonds. The fourth-order valence-electron chi connectivity index (χ4n) is 5.15. The van der Waals surface area contributed by atoms with E-state index in [0.29, 0.717) is 16.5 Å². The van der Waals surface area contributed by atoms with Gasteiger partial charge in [-0.15, -0.1) is 0 Å². The molecular formula is C30H33ClF2. The maximum Gasteiger partial charge on any atom is 0.134 e. The van der Waals surface area contributed by atoms with Crippen LogP contribution in [-0.4, -0.2) is 0 Å². The summed E-state index contributed by atoms with van der Waals surface area (Å²) in [6.45, 7) is 2.19. The topological polar surface area (TPSA) is 0 Å². The van der Waals surface area contributed by atoms with Gasteiger partial charge in [0.1, 0.15) is 11.6 Å². The van der Waals surface area contributed by atoms with Gasteiger partial charge in [-0.25, -0.2) is 8.78 Å². The third-order valence-corrected chi connectivity index (χ3v) is 7.57. The first kappa shape index (κ1) is 24.0. The Morgan fingerprint density at radius 2 is 1.18 bits per heavy atom. The fraction of sp³-hybridized carbons (Fsp3) is 0.400. The molecule has 4 rings (SSSR count). The van der Waals surface area contributed by atoms with E-state index >= 15 is 0 Å². The summed E-state index contributed by atoms with van der Waals surface area (Å²) < 4.78 is 29.4. The summed E-state index contributed by atoms with van der Waals surface area (Å²) in [4.78, 5) is 0. The van der Waals surface area contributed by atoms with Gasteiger partial charge < -0.3 is 0 Å². The maximum atomic E-state index is 14.7. The van der Waals surface area contributed by atoms with Crippen molar-refractivity contribution in [3.63, 3.8) is 0 Å². The summed E-state index contributed by atoms with van der Waals surface area (Å²) in [5, 5.41) is 0.552. The van der Waals surface area contributed by atoms with Crippen molar-refractivity contribution in [2.45, 2.75) is 64.7 Å². The van der Waals surface area contributed by atoms with Crippen molar-refractivity contribution in [3.8, 4) is 11.1 Å². The zero-order valence-electron chi connectivity index (χ0n) is 19.4. The largest absolute Gasteiger partial charge is 0.206 e. The van der Waals surface area contributed by atoms with Crippen LogP contribution < -0.4 is 0 Å². The van der Waals surface area contributed by atoms with Crippen LogP contribution in [0, 0.1) is 23.5 Å². The first-order valence-electron chi connectivity index (χ1n) is 12.3. The summed E-state index contributed by atoms with van der Waals surface area (Å²) in [6.07, 6.45) is 10.3. The van der Waals surface area contributed by atoms with Crippen LogP contribution in [0.2, 0.25) is 5.02 Å². The first-order chi connectivity index (χ1) is 16.0. The Labute approximate surface area is 202 Å². The lowest BCUT2D eigenvalue weighted by atomic mass is 9.77. The van der Waals surface area contributed by atoms with Crippen molar-refractivity contribution in [1.82, 2.24) is 0 Å². The van der Waals surface area contributed by atoms with Crippen molar-refractivity contribution >= 4 is 11.6 Å². The smallest absolute Gasteiger partial charge is 0.134 e. The molecule has 0 atom stereocenters. The van der Waals surface area contributed by atoms with Crippen LogP contribution in [-0.2, 0) is 19.3 Å². The highest BCUT2D eigenvalue weighted by atomic mass is 35.5. The molecule has 1 saturated carbocycles. The first-order valence-corrected chi connectivity index (χ1v) is 12.7. The molecule has 0 radical (unpaired) electrons. The molecule has 1 aliphatic carbocycles. The van der Waals surface area contributed by atoms with Crippen LogP contribution in [0.25, 0.3) is 11.1 Å². The minimum atomic E-state index is -0.497. The standard InChI is InChI=1S/C30H33ClF2/c1-2-21-3-5-22(6-4-21)7-8-23-9-11-24(12-10-23)13-14-25-19-28(32)30(29(33)20-25)26-15-17-27(31)18-16-26/h3-6,15-20,23-24H,2,7-14H2,1H3. The molecule has 174 valence electrons. The third-order valence-electron chi connectivity index (χ3n) is 7.31. The molecule has 1 aliphatic rings. The predicted molar refractivity (Wildman–Crippen MR) is 135 cm³/mol. The Hall–Kier alpha value is -2.19. The number of hydrogen-bond acceptors (Lipinski definition) is 0.